The van der Waals surface area contributed by atoms with Gasteiger partial charge >= 0.3 is 0 Å². The largest absolute Gasteiger partial charge is 0.314 e. The number of hydrogen-bond acceptors (Lipinski definition) is 2. The van der Waals surface area contributed by atoms with Gasteiger partial charge < -0.3 is 10.2 Å². The molecule has 18 heavy (non-hydrogen) atoms. The van der Waals surface area contributed by atoms with Crippen molar-refractivity contribution in [2.75, 3.05) is 26.2 Å². The van der Waals surface area contributed by atoms with Crippen LogP contribution in [0.1, 0.15) is 59.8 Å². The van der Waals surface area contributed by atoms with E-state index < -0.39 is 0 Å². The van der Waals surface area contributed by atoms with E-state index >= 15 is 0 Å². The van der Waals surface area contributed by atoms with Crippen molar-refractivity contribution in [2.45, 2.75) is 65.8 Å². The second-order valence-electron chi connectivity index (χ2n) is 6.42. The van der Waals surface area contributed by atoms with Gasteiger partial charge in [0.2, 0.25) is 0 Å². The predicted molar refractivity (Wildman–Crippen MR) is 81.0 cm³/mol. The van der Waals surface area contributed by atoms with Crippen molar-refractivity contribution in [3.05, 3.63) is 0 Å². The molecule has 1 heterocycles. The zero-order chi connectivity index (χ0) is 13.4. The summed E-state index contributed by atoms with van der Waals surface area (Å²) >= 11 is 0. The van der Waals surface area contributed by atoms with E-state index in [2.05, 4.69) is 37.9 Å². The molecule has 0 aromatic rings. The van der Waals surface area contributed by atoms with Gasteiger partial charge in [-0.1, -0.05) is 20.8 Å². The number of nitrogens with zero attached hydrogens (tertiary/aromatic N) is 1. The summed E-state index contributed by atoms with van der Waals surface area (Å²) in [4.78, 5) is 2.67. The molecule has 0 radical (unpaired) electrons. The normalized spacial score (nSPS) is 20.5. The number of likely N-dealkylation sites (tertiary alicyclic amines) is 1. The maximum atomic E-state index is 3.57. The highest BCUT2D eigenvalue weighted by Crippen LogP contribution is 2.24. The van der Waals surface area contributed by atoms with Gasteiger partial charge in [-0.15, -0.1) is 0 Å². The van der Waals surface area contributed by atoms with E-state index in [-0.39, 0.29) is 0 Å². The molecule has 1 unspecified atom stereocenters. The second-order valence-corrected chi connectivity index (χ2v) is 6.42. The lowest BCUT2D eigenvalue weighted by molar-refractivity contribution is 0.155. The fourth-order valence-electron chi connectivity index (χ4n) is 2.96. The van der Waals surface area contributed by atoms with Gasteiger partial charge in [-0.25, -0.2) is 0 Å². The fourth-order valence-corrected chi connectivity index (χ4v) is 2.96. The predicted octanol–water partition coefficient (Wildman–Crippen LogP) is 3.52. The highest BCUT2D eigenvalue weighted by atomic mass is 15.1. The monoisotopic (exact) mass is 254 g/mol. The van der Waals surface area contributed by atoms with Crippen molar-refractivity contribution in [3.8, 4) is 0 Å². The number of rotatable bonds is 8. The molecule has 0 spiro atoms. The molecule has 108 valence electrons. The third-order valence-electron chi connectivity index (χ3n) is 4.43. The molecule has 0 aromatic heterocycles. The molecule has 1 fully saturated rings. The number of hydrogen-bond donors (Lipinski definition) is 1. The van der Waals surface area contributed by atoms with Crippen molar-refractivity contribution in [3.63, 3.8) is 0 Å². The van der Waals surface area contributed by atoms with Crippen LogP contribution in [0.5, 0.6) is 0 Å². The minimum absolute atomic E-state index is 0.693. The van der Waals surface area contributed by atoms with Gasteiger partial charge in [-0.3, -0.25) is 0 Å². The molecule has 1 N–H and O–H groups in total. The lowest BCUT2D eigenvalue weighted by Crippen LogP contribution is -2.36. The van der Waals surface area contributed by atoms with Crippen LogP contribution in [0.2, 0.25) is 0 Å². The van der Waals surface area contributed by atoms with Gasteiger partial charge in [0.1, 0.15) is 0 Å². The zero-order valence-electron chi connectivity index (χ0n) is 13.0. The van der Waals surface area contributed by atoms with Crippen LogP contribution in [-0.4, -0.2) is 37.1 Å². The van der Waals surface area contributed by atoms with E-state index in [0.29, 0.717) is 6.04 Å². The van der Waals surface area contributed by atoms with Crippen LogP contribution in [0.4, 0.5) is 0 Å². The van der Waals surface area contributed by atoms with Gasteiger partial charge in [-0.2, -0.15) is 0 Å². The van der Waals surface area contributed by atoms with Crippen molar-refractivity contribution >= 4 is 0 Å². The molecule has 0 bridgehead atoms. The van der Waals surface area contributed by atoms with Crippen LogP contribution in [0, 0.1) is 11.8 Å². The Morgan fingerprint density at radius 1 is 1.17 bits per heavy atom. The summed E-state index contributed by atoms with van der Waals surface area (Å²) < 4.78 is 0. The molecule has 0 amide bonds. The van der Waals surface area contributed by atoms with Crippen LogP contribution in [0.25, 0.3) is 0 Å². The van der Waals surface area contributed by atoms with E-state index in [1.807, 2.05) is 0 Å². The Hall–Kier alpha value is -0.0800. The standard InChI is InChI=1S/C16H34N2/c1-5-10-17-15(4)7-6-11-18-12-8-16(9-13-18)14(2)3/h14-17H,5-13H2,1-4H3. The first-order valence-corrected chi connectivity index (χ1v) is 8.09. The van der Waals surface area contributed by atoms with Crippen LogP contribution in [0.15, 0.2) is 0 Å². The smallest absolute Gasteiger partial charge is 0.00391 e. The molecular weight excluding hydrogens is 220 g/mol. The Bertz CT molecular complexity index is 195. The van der Waals surface area contributed by atoms with Crippen LogP contribution < -0.4 is 5.32 Å². The van der Waals surface area contributed by atoms with Crippen molar-refractivity contribution in [1.29, 1.82) is 0 Å². The summed E-state index contributed by atoms with van der Waals surface area (Å²) in [7, 11) is 0. The molecule has 0 aromatic carbocycles. The van der Waals surface area contributed by atoms with E-state index in [9.17, 15) is 0 Å². The number of piperidine rings is 1. The average Bonchev–Trinajstić information content (AvgIpc) is 2.37. The van der Waals surface area contributed by atoms with E-state index in [0.717, 1.165) is 11.8 Å². The topological polar surface area (TPSA) is 15.3 Å². The van der Waals surface area contributed by atoms with Crippen molar-refractivity contribution < 1.29 is 0 Å². The quantitative estimate of drug-likeness (QED) is 0.713. The first kappa shape index (κ1) is 16.0. The molecule has 0 aliphatic carbocycles. The lowest BCUT2D eigenvalue weighted by atomic mass is 9.86. The third kappa shape index (κ3) is 6.19. The van der Waals surface area contributed by atoms with E-state index in [4.69, 9.17) is 0 Å². The van der Waals surface area contributed by atoms with Crippen LogP contribution in [0.3, 0.4) is 0 Å². The van der Waals surface area contributed by atoms with Gasteiger partial charge in [0.05, 0.1) is 0 Å². The maximum absolute atomic E-state index is 3.57. The maximum Gasteiger partial charge on any atom is 0.00391 e. The van der Waals surface area contributed by atoms with E-state index in [1.165, 1.54) is 58.3 Å². The van der Waals surface area contributed by atoms with Gasteiger partial charge in [-0.05, 0) is 77.0 Å². The fraction of sp³-hybridized carbons (Fsp3) is 1.00. The highest BCUT2D eigenvalue weighted by Gasteiger charge is 2.20. The molecule has 1 aliphatic rings. The second kappa shape index (κ2) is 8.92. The SMILES string of the molecule is CCCNC(C)CCCN1CCC(C(C)C)CC1. The lowest BCUT2D eigenvalue weighted by Gasteiger charge is -2.34. The minimum Gasteiger partial charge on any atom is -0.314 e. The number of nitrogens with one attached hydrogen (secondary N) is 1. The summed E-state index contributed by atoms with van der Waals surface area (Å²) in [5, 5.41) is 3.57. The zero-order valence-corrected chi connectivity index (χ0v) is 13.0. The molecule has 0 saturated carbocycles. The Morgan fingerprint density at radius 3 is 2.39 bits per heavy atom. The Kier molecular flexibility index (Phi) is 7.92. The molecule has 1 saturated heterocycles. The molecule has 1 atom stereocenters. The average molecular weight is 254 g/mol. The van der Waals surface area contributed by atoms with Crippen molar-refractivity contribution in [2.24, 2.45) is 11.8 Å². The molecule has 1 rings (SSSR count). The van der Waals surface area contributed by atoms with E-state index in [1.54, 1.807) is 0 Å². The summed E-state index contributed by atoms with van der Waals surface area (Å²) in [5.74, 6) is 1.86. The molecular formula is C16H34N2. The van der Waals surface area contributed by atoms with Crippen LogP contribution in [-0.2, 0) is 0 Å². The first-order chi connectivity index (χ1) is 8.63. The summed E-state index contributed by atoms with van der Waals surface area (Å²) in [6.07, 6.45) is 6.75. The summed E-state index contributed by atoms with van der Waals surface area (Å²) in [6.45, 7) is 14.4. The Labute approximate surface area is 115 Å². The Balaban J connectivity index is 2.04. The summed E-state index contributed by atoms with van der Waals surface area (Å²) in [5.41, 5.74) is 0. The first-order valence-electron chi connectivity index (χ1n) is 8.09. The van der Waals surface area contributed by atoms with Gasteiger partial charge in [0.15, 0.2) is 0 Å². The highest BCUT2D eigenvalue weighted by molar-refractivity contribution is 4.74. The summed E-state index contributed by atoms with van der Waals surface area (Å²) in [6, 6.07) is 0.693. The Morgan fingerprint density at radius 2 is 1.83 bits per heavy atom. The van der Waals surface area contributed by atoms with Gasteiger partial charge in [0, 0.05) is 6.04 Å². The van der Waals surface area contributed by atoms with Crippen molar-refractivity contribution in [1.82, 2.24) is 10.2 Å². The third-order valence-corrected chi connectivity index (χ3v) is 4.43. The minimum atomic E-state index is 0.693. The molecule has 2 heteroatoms. The molecule has 1 aliphatic heterocycles. The van der Waals surface area contributed by atoms with Crippen LogP contribution >= 0.6 is 0 Å². The molecule has 2 nitrogen and oxygen atoms in total. The van der Waals surface area contributed by atoms with Gasteiger partial charge in [0.25, 0.3) is 0 Å².